The summed E-state index contributed by atoms with van der Waals surface area (Å²) in [6.45, 7) is 6.26. The molecule has 0 saturated carbocycles. The summed E-state index contributed by atoms with van der Waals surface area (Å²) < 4.78 is 5.35. The van der Waals surface area contributed by atoms with Gasteiger partial charge in [0.2, 0.25) is 5.78 Å². The molecular weight excluding hydrogens is 350 g/mol. The normalized spacial score (nSPS) is 18.2. The fraction of sp³-hybridized carbons (Fsp3) is 0.167. The molecule has 1 aromatic heterocycles. The first-order valence-corrected chi connectivity index (χ1v) is 9.22. The highest BCUT2D eigenvalue weighted by Crippen LogP contribution is 2.47. The largest absolute Gasteiger partial charge is 0.461 e. The monoisotopic (exact) mass is 371 g/mol. The molecule has 1 atom stereocenters. The molecule has 0 N–H and O–H groups in total. The molecule has 3 aromatic rings. The van der Waals surface area contributed by atoms with Crippen LogP contribution < -0.4 is 0 Å². The van der Waals surface area contributed by atoms with Crippen molar-refractivity contribution in [3.8, 4) is 0 Å². The zero-order valence-corrected chi connectivity index (χ0v) is 15.7. The third-order valence-electron chi connectivity index (χ3n) is 5.20. The Balaban J connectivity index is 1.95. The number of hydrogen-bond acceptors (Lipinski definition) is 3. The zero-order valence-electron chi connectivity index (χ0n) is 15.7. The highest BCUT2D eigenvalue weighted by molar-refractivity contribution is 6.03. The van der Waals surface area contributed by atoms with E-state index in [9.17, 15) is 9.59 Å². The van der Waals surface area contributed by atoms with E-state index >= 15 is 0 Å². The topological polar surface area (TPSA) is 50.5 Å². The molecule has 4 rings (SSSR count). The van der Waals surface area contributed by atoms with Crippen LogP contribution in [0.1, 0.15) is 45.4 Å². The summed E-state index contributed by atoms with van der Waals surface area (Å²) in [4.78, 5) is 28.2. The zero-order chi connectivity index (χ0) is 19.7. The second kappa shape index (κ2) is 6.97. The van der Waals surface area contributed by atoms with Gasteiger partial charge in [-0.05, 0) is 36.2 Å². The smallest absolute Gasteiger partial charge is 0.255 e. The summed E-state index contributed by atoms with van der Waals surface area (Å²) in [6.07, 6.45) is 1.59. The first-order valence-electron chi connectivity index (χ1n) is 9.22. The molecule has 0 radical (unpaired) electrons. The number of Topliss-reactive ketones (excluding diaryl/α,β-unsaturated/α-hetero) is 1. The number of hydrogen-bond donors (Lipinski definition) is 0. The van der Waals surface area contributed by atoms with Gasteiger partial charge in [-0.2, -0.15) is 0 Å². The van der Waals surface area contributed by atoms with E-state index in [4.69, 9.17) is 4.42 Å². The molecule has 0 spiro atoms. The Morgan fingerprint density at radius 2 is 1.75 bits per heavy atom. The molecule has 28 heavy (non-hydrogen) atoms. The Bertz CT molecular complexity index is 1040. The molecule has 0 saturated heterocycles. The number of benzene rings is 2. The molecule has 0 aliphatic carbocycles. The standard InChI is InChI=1S/C24H21NO3/c1-17(2)16-25-23(27)19-11-6-7-12-20(19)24(25,18-9-4-3-5-10-18)15-21(26)22-13-8-14-28-22/h3-14H,1,15-16H2,2H3/t24-/m1/s1. The van der Waals surface area contributed by atoms with Crippen molar-refractivity contribution in [2.45, 2.75) is 18.9 Å². The minimum Gasteiger partial charge on any atom is -0.461 e. The average Bonchev–Trinajstić information content (AvgIpc) is 3.32. The molecule has 4 nitrogen and oxygen atoms in total. The van der Waals surface area contributed by atoms with Crippen LogP contribution in [0.15, 0.2) is 89.6 Å². The van der Waals surface area contributed by atoms with Crippen LogP contribution in [0, 0.1) is 0 Å². The Morgan fingerprint density at radius 3 is 2.43 bits per heavy atom. The van der Waals surface area contributed by atoms with Crippen LogP contribution in [0.2, 0.25) is 0 Å². The molecule has 1 aliphatic rings. The van der Waals surface area contributed by atoms with Crippen LogP contribution in [-0.4, -0.2) is 23.1 Å². The Kier molecular flexibility index (Phi) is 4.47. The van der Waals surface area contributed by atoms with E-state index in [1.807, 2.05) is 61.5 Å². The van der Waals surface area contributed by atoms with Crippen LogP contribution in [0.25, 0.3) is 0 Å². The molecule has 4 heteroatoms. The van der Waals surface area contributed by atoms with E-state index in [1.165, 1.54) is 6.26 Å². The summed E-state index contributed by atoms with van der Waals surface area (Å²) >= 11 is 0. The minimum atomic E-state index is -0.905. The summed E-state index contributed by atoms with van der Waals surface area (Å²) in [5, 5.41) is 0. The van der Waals surface area contributed by atoms with Gasteiger partial charge in [0, 0.05) is 18.5 Å². The second-order valence-corrected chi connectivity index (χ2v) is 7.20. The van der Waals surface area contributed by atoms with Crippen LogP contribution in [0.5, 0.6) is 0 Å². The summed E-state index contributed by atoms with van der Waals surface area (Å²) in [5.41, 5.74) is 2.31. The van der Waals surface area contributed by atoms with Gasteiger partial charge in [-0.15, -0.1) is 0 Å². The Morgan fingerprint density at radius 1 is 1.04 bits per heavy atom. The van der Waals surface area contributed by atoms with Gasteiger partial charge in [-0.1, -0.05) is 60.7 Å². The van der Waals surface area contributed by atoms with E-state index in [1.54, 1.807) is 17.0 Å². The van der Waals surface area contributed by atoms with Crippen LogP contribution in [0.4, 0.5) is 0 Å². The van der Waals surface area contributed by atoms with E-state index in [0.717, 1.165) is 16.7 Å². The first kappa shape index (κ1) is 18.0. The van der Waals surface area contributed by atoms with Crippen molar-refractivity contribution >= 4 is 11.7 Å². The lowest BCUT2D eigenvalue weighted by atomic mass is 9.78. The van der Waals surface area contributed by atoms with Crippen LogP contribution in [0.3, 0.4) is 0 Å². The maximum Gasteiger partial charge on any atom is 0.255 e. The summed E-state index contributed by atoms with van der Waals surface area (Å²) in [5.74, 6) is 0.0576. The lowest BCUT2D eigenvalue weighted by Gasteiger charge is -2.39. The first-order chi connectivity index (χ1) is 13.5. The molecule has 0 unspecified atom stereocenters. The lowest BCUT2D eigenvalue weighted by Crippen LogP contribution is -2.47. The van der Waals surface area contributed by atoms with Gasteiger partial charge in [0.1, 0.15) is 5.54 Å². The SMILES string of the molecule is C=C(C)CN1C(=O)c2ccccc2[C@@]1(CC(=O)c1ccco1)c1ccccc1. The lowest BCUT2D eigenvalue weighted by molar-refractivity contribution is 0.0608. The number of carbonyl (C=O) groups is 2. The van der Waals surface area contributed by atoms with Gasteiger partial charge < -0.3 is 9.32 Å². The quantitative estimate of drug-likeness (QED) is 0.461. The molecular formula is C24H21NO3. The number of rotatable bonds is 6. The van der Waals surface area contributed by atoms with Gasteiger partial charge in [-0.25, -0.2) is 0 Å². The van der Waals surface area contributed by atoms with Crippen LogP contribution in [-0.2, 0) is 5.54 Å². The van der Waals surface area contributed by atoms with E-state index in [-0.39, 0.29) is 18.1 Å². The number of nitrogens with zero attached hydrogens (tertiary/aromatic N) is 1. The highest BCUT2D eigenvalue weighted by atomic mass is 16.3. The molecule has 0 fully saturated rings. The number of fused-ring (bicyclic) bond motifs is 1. The number of amides is 1. The van der Waals surface area contributed by atoms with E-state index in [0.29, 0.717) is 17.9 Å². The van der Waals surface area contributed by atoms with Crippen molar-refractivity contribution in [3.05, 3.63) is 108 Å². The van der Waals surface area contributed by atoms with Crippen molar-refractivity contribution in [1.29, 1.82) is 0 Å². The van der Waals surface area contributed by atoms with Gasteiger partial charge in [0.25, 0.3) is 5.91 Å². The minimum absolute atomic E-state index is 0.0882. The van der Waals surface area contributed by atoms with Crippen molar-refractivity contribution < 1.29 is 14.0 Å². The molecule has 1 aliphatic heterocycles. The van der Waals surface area contributed by atoms with Crippen molar-refractivity contribution in [3.63, 3.8) is 0 Å². The third-order valence-corrected chi connectivity index (χ3v) is 5.20. The van der Waals surface area contributed by atoms with Crippen LogP contribution >= 0.6 is 0 Å². The predicted octanol–water partition coefficient (Wildman–Crippen LogP) is 4.83. The maximum atomic E-state index is 13.3. The average molecular weight is 371 g/mol. The van der Waals surface area contributed by atoms with Gasteiger partial charge in [-0.3, -0.25) is 9.59 Å². The third kappa shape index (κ3) is 2.78. The maximum absolute atomic E-state index is 13.3. The number of furan rings is 1. The molecule has 1 amide bonds. The fourth-order valence-corrected chi connectivity index (χ4v) is 4.05. The number of ketones is 1. The van der Waals surface area contributed by atoms with Crippen molar-refractivity contribution in [2.75, 3.05) is 6.54 Å². The van der Waals surface area contributed by atoms with E-state index < -0.39 is 5.54 Å². The molecule has 0 bridgehead atoms. The molecule has 2 aromatic carbocycles. The van der Waals surface area contributed by atoms with Gasteiger partial charge in [0.15, 0.2) is 5.76 Å². The van der Waals surface area contributed by atoms with Gasteiger partial charge >= 0.3 is 0 Å². The van der Waals surface area contributed by atoms with Crippen molar-refractivity contribution in [1.82, 2.24) is 4.90 Å². The second-order valence-electron chi connectivity index (χ2n) is 7.20. The fourth-order valence-electron chi connectivity index (χ4n) is 4.05. The van der Waals surface area contributed by atoms with Gasteiger partial charge in [0.05, 0.1) is 6.26 Å². The summed E-state index contributed by atoms with van der Waals surface area (Å²) in [7, 11) is 0. The highest BCUT2D eigenvalue weighted by Gasteiger charge is 2.51. The van der Waals surface area contributed by atoms with Crippen molar-refractivity contribution in [2.24, 2.45) is 0 Å². The number of carbonyl (C=O) groups excluding carboxylic acids is 2. The van der Waals surface area contributed by atoms with E-state index in [2.05, 4.69) is 6.58 Å². The summed E-state index contributed by atoms with van der Waals surface area (Å²) in [6, 6.07) is 20.6. The molecule has 140 valence electrons. The predicted molar refractivity (Wildman–Crippen MR) is 107 cm³/mol. The Hall–Kier alpha value is -3.40. The Labute approximate surface area is 164 Å². The molecule has 2 heterocycles.